The summed E-state index contributed by atoms with van der Waals surface area (Å²) in [5.74, 6) is -0.354. The van der Waals surface area contributed by atoms with Crippen LogP contribution < -0.4 is 5.73 Å². The largest absolute Gasteiger partial charge is 0.369 e. The van der Waals surface area contributed by atoms with Crippen LogP contribution in [0.2, 0.25) is 0 Å². The molecule has 5 heteroatoms. The van der Waals surface area contributed by atoms with Gasteiger partial charge in [-0.3, -0.25) is 9.89 Å². The molecule has 0 unspecified atom stereocenters. The Hall–Kier alpha value is -2.17. The molecule has 0 aliphatic heterocycles. The molecule has 2 aromatic rings. The van der Waals surface area contributed by atoms with Gasteiger partial charge in [-0.05, 0) is 18.2 Å². The normalized spacial score (nSPS) is 11.2. The van der Waals surface area contributed by atoms with Gasteiger partial charge in [0, 0.05) is 18.0 Å². The number of nitrogens with zero attached hydrogens (tertiary/aromatic N) is 2. The summed E-state index contributed by atoms with van der Waals surface area (Å²) in [6, 6.07) is 3.75. The van der Waals surface area contributed by atoms with Gasteiger partial charge in [0.1, 0.15) is 0 Å². The summed E-state index contributed by atoms with van der Waals surface area (Å²) in [7, 11) is 0. The summed E-state index contributed by atoms with van der Waals surface area (Å²) in [5, 5.41) is 7.78. The summed E-state index contributed by atoms with van der Waals surface area (Å²) in [4.78, 5) is 14.6. The van der Waals surface area contributed by atoms with Crippen LogP contribution in [0, 0.1) is 0 Å². The monoisotopic (exact) mass is 202 g/mol. The van der Waals surface area contributed by atoms with E-state index in [0.29, 0.717) is 5.65 Å². The Morgan fingerprint density at radius 2 is 2.47 bits per heavy atom. The maximum absolute atomic E-state index is 10.5. The molecule has 76 valence electrons. The quantitative estimate of drug-likeness (QED) is 0.773. The van der Waals surface area contributed by atoms with Crippen LogP contribution in [-0.2, 0) is 4.79 Å². The molecule has 0 radical (unpaired) electrons. The van der Waals surface area contributed by atoms with E-state index in [1.54, 1.807) is 18.3 Å². The van der Waals surface area contributed by atoms with Crippen molar-refractivity contribution in [2.45, 2.75) is 6.42 Å². The van der Waals surface area contributed by atoms with Crippen molar-refractivity contribution in [3.8, 4) is 0 Å². The van der Waals surface area contributed by atoms with E-state index in [1.165, 1.54) is 0 Å². The Morgan fingerprint density at radius 1 is 1.60 bits per heavy atom. The average Bonchev–Trinajstić information content (AvgIpc) is 2.62. The topological polar surface area (TPSA) is 84.7 Å². The van der Waals surface area contributed by atoms with Crippen molar-refractivity contribution >= 4 is 23.0 Å². The Bertz CT molecular complexity index is 515. The summed E-state index contributed by atoms with van der Waals surface area (Å²) in [6.45, 7) is 0. The molecule has 0 atom stereocenters. The fraction of sp³-hybridized carbons (Fsp3) is 0.100. The first-order valence-corrected chi connectivity index (χ1v) is 4.51. The number of carbonyl (C=O) groups excluding carboxylic acids is 1. The first-order valence-electron chi connectivity index (χ1n) is 4.51. The Morgan fingerprint density at radius 3 is 3.27 bits per heavy atom. The Kier molecular flexibility index (Phi) is 2.45. The van der Waals surface area contributed by atoms with Crippen molar-refractivity contribution in [3.63, 3.8) is 0 Å². The number of carbonyl (C=O) groups is 1. The van der Waals surface area contributed by atoms with E-state index < -0.39 is 0 Å². The lowest BCUT2D eigenvalue weighted by atomic mass is 10.2. The fourth-order valence-corrected chi connectivity index (χ4v) is 1.29. The van der Waals surface area contributed by atoms with Crippen LogP contribution in [0.4, 0.5) is 0 Å². The molecule has 2 heterocycles. The van der Waals surface area contributed by atoms with Crippen LogP contribution in [0.1, 0.15) is 12.1 Å². The lowest BCUT2D eigenvalue weighted by Crippen LogP contribution is -2.07. The predicted octanol–water partition coefficient (Wildman–Crippen LogP) is 0.846. The highest BCUT2D eigenvalue weighted by Gasteiger charge is 2.01. The van der Waals surface area contributed by atoms with Crippen molar-refractivity contribution < 1.29 is 4.79 Å². The zero-order valence-corrected chi connectivity index (χ0v) is 7.97. The molecule has 5 nitrogen and oxygen atoms in total. The zero-order valence-electron chi connectivity index (χ0n) is 7.97. The van der Waals surface area contributed by atoms with Gasteiger partial charge in [-0.15, -0.1) is 0 Å². The molecule has 0 saturated carbocycles. The molecular formula is C10H10N4O. The van der Waals surface area contributed by atoms with Crippen LogP contribution in [0.15, 0.2) is 24.4 Å². The highest BCUT2D eigenvalue weighted by atomic mass is 16.1. The molecule has 0 aliphatic rings. The van der Waals surface area contributed by atoms with Gasteiger partial charge < -0.3 is 5.73 Å². The first kappa shape index (κ1) is 9.39. The molecule has 0 aliphatic carbocycles. The van der Waals surface area contributed by atoms with Crippen LogP contribution in [0.5, 0.6) is 0 Å². The van der Waals surface area contributed by atoms with Crippen LogP contribution >= 0.6 is 0 Å². The Balaban J connectivity index is 2.28. The van der Waals surface area contributed by atoms with E-state index in [0.717, 1.165) is 11.1 Å². The van der Waals surface area contributed by atoms with Gasteiger partial charge in [-0.25, -0.2) is 4.98 Å². The second-order valence-corrected chi connectivity index (χ2v) is 3.08. The molecule has 0 aromatic carbocycles. The number of hydrogen-bond acceptors (Lipinski definition) is 3. The molecule has 1 amide bonds. The summed E-state index contributed by atoms with van der Waals surface area (Å²) in [5.41, 5.74) is 6.51. The SMILES string of the molecule is NC(=O)CC=Cc1[nH]nc2ncccc12. The van der Waals surface area contributed by atoms with E-state index in [2.05, 4.69) is 15.2 Å². The number of rotatable bonds is 3. The summed E-state index contributed by atoms with van der Waals surface area (Å²) < 4.78 is 0. The van der Waals surface area contributed by atoms with Crippen molar-refractivity contribution in [2.24, 2.45) is 5.73 Å². The third-order valence-electron chi connectivity index (χ3n) is 1.96. The third kappa shape index (κ3) is 2.01. The Labute approximate surface area is 86.0 Å². The smallest absolute Gasteiger partial charge is 0.221 e. The summed E-state index contributed by atoms with van der Waals surface area (Å²) in [6.07, 6.45) is 5.38. The number of primary amides is 1. The highest BCUT2D eigenvalue weighted by Crippen LogP contribution is 2.13. The van der Waals surface area contributed by atoms with Gasteiger partial charge >= 0.3 is 0 Å². The third-order valence-corrected chi connectivity index (χ3v) is 1.96. The second kappa shape index (κ2) is 3.91. The van der Waals surface area contributed by atoms with Gasteiger partial charge in [0.25, 0.3) is 0 Å². The molecule has 0 spiro atoms. The fourth-order valence-electron chi connectivity index (χ4n) is 1.29. The van der Waals surface area contributed by atoms with E-state index in [-0.39, 0.29) is 12.3 Å². The van der Waals surface area contributed by atoms with Crippen molar-refractivity contribution in [1.82, 2.24) is 15.2 Å². The lowest BCUT2D eigenvalue weighted by molar-refractivity contribution is -0.117. The number of H-pyrrole nitrogens is 1. The van der Waals surface area contributed by atoms with Gasteiger partial charge in [0.05, 0.1) is 5.69 Å². The highest BCUT2D eigenvalue weighted by molar-refractivity contribution is 5.84. The zero-order chi connectivity index (χ0) is 10.7. The molecular weight excluding hydrogens is 192 g/mol. The number of amides is 1. The minimum absolute atomic E-state index is 0.223. The molecule has 2 aromatic heterocycles. The number of nitrogens with one attached hydrogen (secondary N) is 1. The van der Waals surface area contributed by atoms with Gasteiger partial charge in [0.2, 0.25) is 5.91 Å². The van der Waals surface area contributed by atoms with Crippen molar-refractivity contribution in [3.05, 3.63) is 30.1 Å². The van der Waals surface area contributed by atoms with Crippen LogP contribution in [0.3, 0.4) is 0 Å². The van der Waals surface area contributed by atoms with E-state index in [4.69, 9.17) is 5.73 Å². The van der Waals surface area contributed by atoms with Gasteiger partial charge in [-0.2, -0.15) is 5.10 Å². The van der Waals surface area contributed by atoms with Gasteiger partial charge in [-0.1, -0.05) is 6.08 Å². The maximum atomic E-state index is 10.5. The average molecular weight is 202 g/mol. The molecule has 3 N–H and O–H groups in total. The van der Waals surface area contributed by atoms with E-state index in [9.17, 15) is 4.79 Å². The minimum Gasteiger partial charge on any atom is -0.369 e. The summed E-state index contributed by atoms with van der Waals surface area (Å²) >= 11 is 0. The van der Waals surface area contributed by atoms with Crippen LogP contribution in [-0.4, -0.2) is 21.1 Å². The number of aromatic nitrogens is 3. The lowest BCUT2D eigenvalue weighted by Gasteiger charge is -1.88. The van der Waals surface area contributed by atoms with E-state index in [1.807, 2.05) is 12.1 Å². The maximum Gasteiger partial charge on any atom is 0.221 e. The number of aromatic amines is 1. The predicted molar refractivity (Wildman–Crippen MR) is 56.7 cm³/mol. The number of fused-ring (bicyclic) bond motifs is 1. The number of nitrogens with two attached hydrogens (primary N) is 1. The molecule has 0 saturated heterocycles. The standard InChI is InChI=1S/C10H10N4O/c11-9(15)5-1-4-8-7-3-2-6-12-10(7)14-13-8/h1-4,6H,5H2,(H2,11,15)(H,12,13,14). The first-order chi connectivity index (χ1) is 7.27. The van der Waals surface area contributed by atoms with Crippen molar-refractivity contribution in [2.75, 3.05) is 0 Å². The molecule has 0 bridgehead atoms. The van der Waals surface area contributed by atoms with Gasteiger partial charge in [0.15, 0.2) is 5.65 Å². The van der Waals surface area contributed by atoms with Crippen LogP contribution in [0.25, 0.3) is 17.1 Å². The van der Waals surface area contributed by atoms with E-state index >= 15 is 0 Å². The minimum atomic E-state index is -0.354. The number of hydrogen-bond donors (Lipinski definition) is 2. The van der Waals surface area contributed by atoms with Crippen molar-refractivity contribution in [1.29, 1.82) is 0 Å². The molecule has 15 heavy (non-hydrogen) atoms. The molecule has 2 rings (SSSR count). The molecule has 0 fully saturated rings. The second-order valence-electron chi connectivity index (χ2n) is 3.08. The number of pyridine rings is 1.